The summed E-state index contributed by atoms with van der Waals surface area (Å²) in [6, 6.07) is 3.05. The maximum absolute atomic E-state index is 10.9. The summed E-state index contributed by atoms with van der Waals surface area (Å²) in [5.41, 5.74) is -0.0129. The first-order valence-corrected chi connectivity index (χ1v) is 6.55. The monoisotopic (exact) mass is 278 g/mol. The molecule has 0 saturated heterocycles. The molecule has 0 fully saturated rings. The Morgan fingerprint density at radius 3 is 2.90 bits per heavy atom. The van der Waals surface area contributed by atoms with Gasteiger partial charge in [0.15, 0.2) is 0 Å². The summed E-state index contributed by atoms with van der Waals surface area (Å²) in [6.07, 6.45) is 4.19. The van der Waals surface area contributed by atoms with E-state index in [2.05, 4.69) is 17.2 Å². The van der Waals surface area contributed by atoms with E-state index < -0.39 is 4.92 Å². The predicted octanol–water partition coefficient (Wildman–Crippen LogP) is 2.48. The van der Waals surface area contributed by atoms with E-state index in [-0.39, 0.29) is 17.1 Å². The van der Waals surface area contributed by atoms with Crippen molar-refractivity contribution in [1.29, 1.82) is 5.26 Å². The fourth-order valence-corrected chi connectivity index (χ4v) is 1.52. The molecule has 1 aromatic rings. The molecule has 0 amide bonds. The highest BCUT2D eigenvalue weighted by Gasteiger charge is 2.15. The normalized spacial score (nSPS) is 10.0. The minimum atomic E-state index is -0.548. The second-order valence-electron chi connectivity index (χ2n) is 4.21. The molecule has 1 N–H and O–H groups in total. The topological polar surface area (TPSA) is 101 Å². The fourth-order valence-electron chi connectivity index (χ4n) is 1.52. The second kappa shape index (κ2) is 8.82. The Labute approximate surface area is 117 Å². The number of nitrogens with zero attached hydrogens (tertiary/aromatic N) is 3. The third-order valence-corrected chi connectivity index (χ3v) is 2.59. The molecule has 20 heavy (non-hydrogen) atoms. The number of unbranched alkanes of at least 4 members (excludes halogenated alkanes) is 1. The summed E-state index contributed by atoms with van der Waals surface area (Å²) in [7, 11) is 0. The van der Waals surface area contributed by atoms with E-state index in [1.54, 1.807) is 0 Å². The van der Waals surface area contributed by atoms with Crippen LogP contribution in [0, 0.1) is 21.4 Å². The van der Waals surface area contributed by atoms with Gasteiger partial charge in [-0.05, 0) is 12.8 Å². The summed E-state index contributed by atoms with van der Waals surface area (Å²) >= 11 is 0. The van der Waals surface area contributed by atoms with Gasteiger partial charge in [-0.2, -0.15) is 5.26 Å². The molecule has 0 spiro atoms. The van der Waals surface area contributed by atoms with Gasteiger partial charge in [-0.1, -0.05) is 13.3 Å². The van der Waals surface area contributed by atoms with Crippen LogP contribution in [0.15, 0.2) is 12.3 Å². The lowest BCUT2D eigenvalue weighted by Gasteiger charge is -2.06. The molecule has 7 nitrogen and oxygen atoms in total. The third kappa shape index (κ3) is 5.20. The largest absolute Gasteiger partial charge is 0.381 e. The van der Waals surface area contributed by atoms with Crippen LogP contribution in [-0.2, 0) is 4.74 Å². The van der Waals surface area contributed by atoms with Crippen molar-refractivity contribution in [3.8, 4) is 6.07 Å². The first-order valence-electron chi connectivity index (χ1n) is 6.55. The van der Waals surface area contributed by atoms with Crippen molar-refractivity contribution in [2.45, 2.75) is 26.2 Å². The number of rotatable bonds is 9. The first kappa shape index (κ1) is 15.9. The van der Waals surface area contributed by atoms with Crippen molar-refractivity contribution < 1.29 is 9.66 Å². The second-order valence-corrected chi connectivity index (χ2v) is 4.21. The molecule has 0 saturated carbocycles. The average Bonchev–Trinajstić information content (AvgIpc) is 2.46. The summed E-state index contributed by atoms with van der Waals surface area (Å²) in [5, 5.41) is 22.5. The van der Waals surface area contributed by atoms with Crippen LogP contribution in [0.2, 0.25) is 0 Å². The molecule has 1 aromatic heterocycles. The summed E-state index contributed by atoms with van der Waals surface area (Å²) in [5.74, 6) is 0.183. The standard InChI is InChI=1S/C13H18N4O3/c1-2-3-6-20-7-4-5-15-13-12(17(18)19)8-11(9-14)10-16-13/h8,10H,2-7H2,1H3,(H,15,16). The highest BCUT2D eigenvalue weighted by Crippen LogP contribution is 2.22. The van der Waals surface area contributed by atoms with Gasteiger partial charge in [-0.3, -0.25) is 10.1 Å². The number of hydrogen-bond acceptors (Lipinski definition) is 6. The molecule has 7 heteroatoms. The Morgan fingerprint density at radius 1 is 1.50 bits per heavy atom. The Hall–Kier alpha value is -2.20. The molecule has 0 atom stereocenters. The van der Waals surface area contributed by atoms with Crippen LogP contribution in [0.4, 0.5) is 11.5 Å². The van der Waals surface area contributed by atoms with Crippen molar-refractivity contribution in [3.63, 3.8) is 0 Å². The van der Waals surface area contributed by atoms with Crippen molar-refractivity contribution in [3.05, 3.63) is 27.9 Å². The van der Waals surface area contributed by atoms with E-state index in [1.165, 1.54) is 12.3 Å². The average molecular weight is 278 g/mol. The number of nitriles is 1. The number of nitrogens with one attached hydrogen (secondary N) is 1. The maximum atomic E-state index is 10.9. The predicted molar refractivity (Wildman–Crippen MR) is 74.4 cm³/mol. The zero-order valence-corrected chi connectivity index (χ0v) is 11.5. The van der Waals surface area contributed by atoms with Crippen molar-refractivity contribution >= 4 is 11.5 Å². The molecule has 0 aliphatic carbocycles. The highest BCUT2D eigenvalue weighted by atomic mass is 16.6. The quantitative estimate of drug-likeness (QED) is 0.423. The van der Waals surface area contributed by atoms with Crippen LogP contribution in [0.1, 0.15) is 31.7 Å². The SMILES string of the molecule is CCCCOCCCNc1ncc(C#N)cc1[N+](=O)[O-]. The smallest absolute Gasteiger partial charge is 0.312 e. The van der Waals surface area contributed by atoms with Gasteiger partial charge in [-0.15, -0.1) is 0 Å². The van der Waals surface area contributed by atoms with E-state index in [1.807, 2.05) is 6.07 Å². The van der Waals surface area contributed by atoms with E-state index in [0.29, 0.717) is 13.2 Å². The van der Waals surface area contributed by atoms with Gasteiger partial charge in [0.2, 0.25) is 5.82 Å². The summed E-state index contributed by atoms with van der Waals surface area (Å²) < 4.78 is 5.39. The third-order valence-electron chi connectivity index (χ3n) is 2.59. The minimum Gasteiger partial charge on any atom is -0.381 e. The van der Waals surface area contributed by atoms with Crippen molar-refractivity contribution in [2.75, 3.05) is 25.1 Å². The van der Waals surface area contributed by atoms with Crippen LogP contribution in [0.5, 0.6) is 0 Å². The molecule has 0 bridgehead atoms. The number of pyridine rings is 1. The molecule has 1 heterocycles. The maximum Gasteiger partial charge on any atom is 0.312 e. The number of nitro groups is 1. The van der Waals surface area contributed by atoms with Crippen LogP contribution in [0.25, 0.3) is 0 Å². The summed E-state index contributed by atoms with van der Waals surface area (Å²) in [4.78, 5) is 14.2. The first-order chi connectivity index (χ1) is 9.69. The van der Waals surface area contributed by atoms with Gasteiger partial charge >= 0.3 is 5.69 Å². The molecule has 0 radical (unpaired) electrons. The Morgan fingerprint density at radius 2 is 2.25 bits per heavy atom. The number of hydrogen-bond donors (Lipinski definition) is 1. The Balaban J connectivity index is 2.44. The van der Waals surface area contributed by atoms with Crippen LogP contribution in [0.3, 0.4) is 0 Å². The zero-order valence-electron chi connectivity index (χ0n) is 11.5. The molecule has 108 valence electrons. The van der Waals surface area contributed by atoms with Gasteiger partial charge in [0.25, 0.3) is 0 Å². The van der Waals surface area contributed by atoms with Gasteiger partial charge in [0.1, 0.15) is 6.07 Å². The molecule has 0 unspecified atom stereocenters. The Bertz CT molecular complexity index is 485. The Kier molecular flexibility index (Phi) is 7.00. The van der Waals surface area contributed by atoms with Gasteiger partial charge < -0.3 is 10.1 Å². The highest BCUT2D eigenvalue weighted by molar-refractivity contribution is 5.58. The lowest BCUT2D eigenvalue weighted by molar-refractivity contribution is -0.384. The van der Waals surface area contributed by atoms with E-state index >= 15 is 0 Å². The number of aromatic nitrogens is 1. The van der Waals surface area contributed by atoms with Crippen LogP contribution >= 0.6 is 0 Å². The zero-order chi connectivity index (χ0) is 14.8. The molecular weight excluding hydrogens is 260 g/mol. The lowest BCUT2D eigenvalue weighted by atomic mass is 10.2. The van der Waals surface area contributed by atoms with Gasteiger partial charge in [-0.25, -0.2) is 4.98 Å². The van der Waals surface area contributed by atoms with Crippen molar-refractivity contribution in [2.24, 2.45) is 0 Å². The molecule has 0 aromatic carbocycles. The molecule has 0 aliphatic heterocycles. The van der Waals surface area contributed by atoms with E-state index in [0.717, 1.165) is 25.9 Å². The molecular formula is C13H18N4O3. The lowest BCUT2D eigenvalue weighted by Crippen LogP contribution is -2.09. The van der Waals surface area contributed by atoms with Gasteiger partial charge in [0.05, 0.1) is 10.5 Å². The van der Waals surface area contributed by atoms with Gasteiger partial charge in [0, 0.05) is 32.0 Å². The number of anilines is 1. The number of ether oxygens (including phenoxy) is 1. The van der Waals surface area contributed by atoms with Crippen molar-refractivity contribution in [1.82, 2.24) is 4.98 Å². The fraction of sp³-hybridized carbons (Fsp3) is 0.538. The van der Waals surface area contributed by atoms with Crippen LogP contribution < -0.4 is 5.32 Å². The minimum absolute atomic E-state index is 0.171. The summed E-state index contributed by atoms with van der Waals surface area (Å²) in [6.45, 7) is 3.98. The van der Waals surface area contributed by atoms with E-state index in [9.17, 15) is 10.1 Å². The van der Waals surface area contributed by atoms with Crippen LogP contribution in [-0.4, -0.2) is 29.7 Å². The molecule has 1 rings (SSSR count). The van der Waals surface area contributed by atoms with E-state index in [4.69, 9.17) is 10.00 Å². The molecule has 0 aliphatic rings.